The maximum absolute atomic E-state index is 12.3. The van der Waals surface area contributed by atoms with Crippen LogP contribution in [0.5, 0.6) is 0 Å². The molecule has 10 heteroatoms. The third kappa shape index (κ3) is 3.91. The van der Waals surface area contributed by atoms with Crippen LogP contribution in [0.15, 0.2) is 47.4 Å². The van der Waals surface area contributed by atoms with E-state index in [0.29, 0.717) is 0 Å². The molecule has 1 N–H and O–H groups in total. The first-order valence-corrected chi connectivity index (χ1v) is 8.11. The van der Waals surface area contributed by atoms with Gasteiger partial charge in [-0.15, -0.1) is 0 Å². The molecule has 1 heterocycles. The third-order valence-corrected chi connectivity index (χ3v) is 4.44. The number of nitrogens with one attached hydrogen (secondary N) is 1. The maximum atomic E-state index is 12.3. The van der Waals surface area contributed by atoms with E-state index in [2.05, 4.69) is 14.4 Å². The standard InChI is InChI=1S/C14H13N3O6S/c1-23-14(18)11-6-4-5-10(16-11)9-15-24(21,22)13-8-3-2-7-12(13)17(19)20/h2-8,15H,9H2,1H3. The molecule has 2 rings (SSSR count). The Hall–Kier alpha value is -2.85. The van der Waals surface area contributed by atoms with Gasteiger partial charge in [-0.3, -0.25) is 10.1 Å². The largest absolute Gasteiger partial charge is 0.464 e. The van der Waals surface area contributed by atoms with Crippen molar-refractivity contribution in [2.24, 2.45) is 0 Å². The lowest BCUT2D eigenvalue weighted by Gasteiger charge is -2.07. The van der Waals surface area contributed by atoms with Crippen molar-refractivity contribution < 1.29 is 22.9 Å². The number of carbonyl (C=O) groups excluding carboxylic acids is 1. The number of nitro groups is 1. The van der Waals surface area contributed by atoms with Gasteiger partial charge in [-0.05, 0) is 18.2 Å². The van der Waals surface area contributed by atoms with Crippen LogP contribution in [0, 0.1) is 10.1 Å². The van der Waals surface area contributed by atoms with Crippen LogP contribution < -0.4 is 4.72 Å². The molecule has 0 spiro atoms. The summed E-state index contributed by atoms with van der Waals surface area (Å²) in [5.74, 6) is -0.654. The van der Waals surface area contributed by atoms with Crippen molar-refractivity contribution in [2.75, 3.05) is 7.11 Å². The van der Waals surface area contributed by atoms with Gasteiger partial charge in [0.2, 0.25) is 10.0 Å². The summed E-state index contributed by atoms with van der Waals surface area (Å²) in [7, 11) is -2.92. The summed E-state index contributed by atoms with van der Waals surface area (Å²) in [6.07, 6.45) is 0. The van der Waals surface area contributed by atoms with Crippen molar-refractivity contribution in [1.29, 1.82) is 0 Å². The van der Waals surface area contributed by atoms with Crippen molar-refractivity contribution in [3.05, 3.63) is 64.0 Å². The van der Waals surface area contributed by atoms with Crippen LogP contribution in [-0.4, -0.2) is 31.4 Å². The zero-order chi connectivity index (χ0) is 17.7. The molecule has 0 aliphatic heterocycles. The van der Waals surface area contributed by atoms with Gasteiger partial charge in [-0.2, -0.15) is 0 Å². The molecule has 0 radical (unpaired) electrons. The molecule has 0 saturated heterocycles. The monoisotopic (exact) mass is 351 g/mol. The molecule has 9 nitrogen and oxygen atoms in total. The zero-order valence-electron chi connectivity index (χ0n) is 12.5. The number of nitro benzene ring substituents is 1. The van der Waals surface area contributed by atoms with E-state index in [0.717, 1.165) is 12.1 Å². The highest BCUT2D eigenvalue weighted by Gasteiger charge is 2.24. The molecule has 0 aliphatic rings. The number of hydrogen-bond acceptors (Lipinski definition) is 7. The Bertz CT molecular complexity index is 882. The zero-order valence-corrected chi connectivity index (χ0v) is 13.3. The van der Waals surface area contributed by atoms with Gasteiger partial charge in [0.05, 0.1) is 24.3 Å². The van der Waals surface area contributed by atoms with Crippen LogP contribution in [0.2, 0.25) is 0 Å². The Balaban J connectivity index is 2.23. The van der Waals surface area contributed by atoms with Gasteiger partial charge in [0.15, 0.2) is 4.90 Å². The number of carbonyl (C=O) groups is 1. The summed E-state index contributed by atoms with van der Waals surface area (Å²) in [6.45, 7) is -0.237. The number of ether oxygens (including phenoxy) is 1. The van der Waals surface area contributed by atoms with Gasteiger partial charge in [0, 0.05) is 6.07 Å². The number of nitrogens with zero attached hydrogens (tertiary/aromatic N) is 2. The van der Waals surface area contributed by atoms with Crippen molar-refractivity contribution >= 4 is 21.7 Å². The number of sulfonamides is 1. The maximum Gasteiger partial charge on any atom is 0.356 e. The average Bonchev–Trinajstić information content (AvgIpc) is 2.59. The van der Waals surface area contributed by atoms with E-state index >= 15 is 0 Å². The van der Waals surface area contributed by atoms with Crippen LogP contribution in [0.1, 0.15) is 16.2 Å². The van der Waals surface area contributed by atoms with Crippen LogP contribution in [-0.2, 0) is 21.3 Å². The second kappa shape index (κ2) is 7.15. The lowest BCUT2D eigenvalue weighted by Crippen LogP contribution is -2.24. The molecule has 1 aromatic heterocycles. The average molecular weight is 351 g/mol. The summed E-state index contributed by atoms with van der Waals surface area (Å²) < 4.78 is 31.3. The van der Waals surface area contributed by atoms with E-state index in [1.54, 1.807) is 0 Å². The molecule has 0 aliphatic carbocycles. The minimum Gasteiger partial charge on any atom is -0.464 e. The highest BCUT2D eigenvalue weighted by Crippen LogP contribution is 2.22. The molecule has 0 fully saturated rings. The Kier molecular flexibility index (Phi) is 5.21. The molecule has 2 aromatic rings. The SMILES string of the molecule is COC(=O)c1cccc(CNS(=O)(=O)c2ccccc2[N+](=O)[O-])n1. The topological polar surface area (TPSA) is 128 Å². The van der Waals surface area contributed by atoms with E-state index in [1.807, 2.05) is 0 Å². The summed E-state index contributed by atoms with van der Waals surface area (Å²) in [6, 6.07) is 9.45. The Morgan fingerprint density at radius 1 is 1.25 bits per heavy atom. The summed E-state index contributed by atoms with van der Waals surface area (Å²) in [4.78, 5) is 25.1. The van der Waals surface area contributed by atoms with E-state index in [1.165, 1.54) is 37.4 Å². The van der Waals surface area contributed by atoms with Crippen LogP contribution >= 0.6 is 0 Å². The van der Waals surface area contributed by atoms with Gasteiger partial charge in [-0.1, -0.05) is 18.2 Å². The van der Waals surface area contributed by atoms with Crippen molar-refractivity contribution in [1.82, 2.24) is 9.71 Å². The molecule has 24 heavy (non-hydrogen) atoms. The van der Waals surface area contributed by atoms with Crippen molar-refractivity contribution in [3.63, 3.8) is 0 Å². The highest BCUT2D eigenvalue weighted by atomic mass is 32.2. The van der Waals surface area contributed by atoms with Crippen molar-refractivity contribution in [2.45, 2.75) is 11.4 Å². The Morgan fingerprint density at radius 2 is 1.96 bits per heavy atom. The van der Waals surface area contributed by atoms with Gasteiger partial charge in [0.25, 0.3) is 5.69 Å². The van der Waals surface area contributed by atoms with E-state index in [9.17, 15) is 23.3 Å². The van der Waals surface area contributed by atoms with E-state index < -0.39 is 31.5 Å². The predicted octanol–water partition coefficient (Wildman–Crippen LogP) is 1.25. The number of benzene rings is 1. The predicted molar refractivity (Wildman–Crippen MR) is 82.7 cm³/mol. The van der Waals surface area contributed by atoms with Crippen molar-refractivity contribution in [3.8, 4) is 0 Å². The quantitative estimate of drug-likeness (QED) is 0.471. The van der Waals surface area contributed by atoms with Crippen LogP contribution in [0.3, 0.4) is 0 Å². The fraction of sp³-hybridized carbons (Fsp3) is 0.143. The normalized spacial score (nSPS) is 11.0. The first kappa shape index (κ1) is 17.5. The van der Waals surface area contributed by atoms with E-state index in [4.69, 9.17) is 0 Å². The summed E-state index contributed by atoms with van der Waals surface area (Å²) >= 11 is 0. The smallest absolute Gasteiger partial charge is 0.356 e. The van der Waals surface area contributed by atoms with Gasteiger partial charge in [0.1, 0.15) is 5.69 Å². The molecule has 0 saturated carbocycles. The number of rotatable bonds is 6. The number of hydrogen-bond donors (Lipinski definition) is 1. The molecule has 126 valence electrons. The fourth-order valence-electron chi connectivity index (χ4n) is 1.88. The fourth-order valence-corrected chi connectivity index (χ4v) is 3.05. The second-order valence-corrected chi connectivity index (χ2v) is 6.29. The number of aromatic nitrogens is 1. The third-order valence-electron chi connectivity index (χ3n) is 3.00. The van der Waals surface area contributed by atoms with Crippen LogP contribution in [0.25, 0.3) is 0 Å². The summed E-state index contributed by atoms with van der Waals surface area (Å²) in [5.41, 5.74) is -0.235. The van der Waals surface area contributed by atoms with Gasteiger partial charge >= 0.3 is 5.97 Å². The minimum atomic E-state index is -4.12. The number of para-hydroxylation sites is 1. The number of esters is 1. The van der Waals surface area contributed by atoms with Gasteiger partial charge in [-0.25, -0.2) is 22.9 Å². The van der Waals surface area contributed by atoms with E-state index in [-0.39, 0.29) is 17.9 Å². The Morgan fingerprint density at radius 3 is 2.62 bits per heavy atom. The molecule has 1 aromatic carbocycles. The minimum absolute atomic E-state index is 0.0277. The Labute approximate surface area is 137 Å². The number of pyridine rings is 1. The first-order chi connectivity index (χ1) is 11.3. The highest BCUT2D eigenvalue weighted by molar-refractivity contribution is 7.89. The molecular formula is C14H13N3O6S. The lowest BCUT2D eigenvalue weighted by atomic mass is 10.3. The summed E-state index contributed by atoms with van der Waals surface area (Å²) in [5, 5.41) is 10.9. The van der Waals surface area contributed by atoms with Crippen LogP contribution in [0.4, 0.5) is 5.69 Å². The molecule has 0 bridgehead atoms. The first-order valence-electron chi connectivity index (χ1n) is 6.62. The van der Waals surface area contributed by atoms with Gasteiger partial charge < -0.3 is 4.74 Å². The molecule has 0 unspecified atom stereocenters. The lowest BCUT2D eigenvalue weighted by molar-refractivity contribution is -0.387. The molecule has 0 atom stereocenters. The molecular weight excluding hydrogens is 338 g/mol. The number of methoxy groups -OCH3 is 1. The second-order valence-electron chi connectivity index (χ2n) is 4.56. The molecule has 0 amide bonds.